The first-order valence-corrected chi connectivity index (χ1v) is 89.8. The first-order valence-electron chi connectivity index (χ1n) is 21.8. The Bertz CT molecular complexity index is 4930. The molecule has 0 amide bonds. The van der Waals surface area contributed by atoms with Crippen LogP contribution in [0.1, 0.15) is 76.3 Å². The first kappa shape index (κ1) is 101. The van der Waals surface area contributed by atoms with Crippen molar-refractivity contribution in [3.8, 4) is 11.5 Å². The average molecular weight is 2230 g/mol. The van der Waals surface area contributed by atoms with E-state index in [1.165, 1.54) is 55.5 Å². The molecule has 0 bridgehead atoms. The number of unbranched alkanes of at least 4 members (excludes halogenated alkanes) is 6. The average Bonchev–Trinajstić information content (AvgIpc) is 3.33. The fourth-order valence-electron chi connectivity index (χ4n) is 4.09. The van der Waals surface area contributed by atoms with E-state index >= 15 is 0 Å². The molecule has 8 nitrogen and oxygen atoms in total. The molecule has 0 aliphatic rings. The maximum absolute atomic E-state index is 11.9. The van der Waals surface area contributed by atoms with Crippen LogP contribution in [0.2, 0.25) is 0 Å². The summed E-state index contributed by atoms with van der Waals surface area (Å²) in [7, 11) is 88.5. The van der Waals surface area contributed by atoms with Crippen molar-refractivity contribution in [2.24, 2.45) is 0 Å². The van der Waals surface area contributed by atoms with Gasteiger partial charge in [0.15, 0.2) is 0 Å². The molecule has 0 spiro atoms. The lowest BCUT2D eigenvalue weighted by Gasteiger charge is -2.08. The predicted molar refractivity (Wildman–Crippen MR) is 538 cm³/mol. The third-order valence-corrected chi connectivity index (χ3v) is 111. The number of hydrogen-bond acceptors (Lipinski definition) is 10. The van der Waals surface area contributed by atoms with Gasteiger partial charge in [-0.3, -0.25) is 4.79 Å². The fraction of sp³-hybridized carbons (Fsp3) is 0.500. The van der Waals surface area contributed by atoms with Crippen LogP contribution >= 0.6 is 0 Å². The Hall–Kier alpha value is 8.02. The number of carbonyl (C=O) groups excluding carboxylic acids is 2. The minimum Gasteiger partial charge on any atom is -0.496 e. The van der Waals surface area contributed by atoms with Gasteiger partial charge in [-0.2, -0.15) is 4.79 Å². The second kappa shape index (κ2) is 88.6. The summed E-state index contributed by atoms with van der Waals surface area (Å²) in [6.45, 7) is 5.12. The van der Waals surface area contributed by atoms with Crippen LogP contribution in [0, 0.1) is 0 Å². The molecule has 2 rings (SSSR count). The molecular formula is C30H42N2O6S53. The van der Waals surface area contributed by atoms with Crippen LogP contribution in [-0.2, 0) is 505 Å². The fourth-order valence-corrected chi connectivity index (χ4v) is 128. The molecule has 0 aromatic heterocycles. The summed E-state index contributed by atoms with van der Waals surface area (Å²) < 4.78 is 20.6. The van der Waals surface area contributed by atoms with Crippen molar-refractivity contribution < 1.29 is 33.3 Å². The number of hydrogen-bond donors (Lipinski definition) is 0. The summed E-state index contributed by atoms with van der Waals surface area (Å²) in [5.74, 6) is 0.369. The Kier molecular flexibility index (Phi) is 98.5. The Labute approximate surface area is 690 Å². The van der Waals surface area contributed by atoms with Gasteiger partial charge in [0, 0.05) is 485 Å². The molecule has 2 aromatic carbocycles. The van der Waals surface area contributed by atoms with Gasteiger partial charge in [-0.05, 0) is 31.0 Å². The second-order valence-corrected chi connectivity index (χ2v) is 98.6. The number of para-hydroxylation sites is 2. The number of esters is 2. The lowest BCUT2D eigenvalue weighted by Crippen LogP contribution is -2.21. The van der Waals surface area contributed by atoms with E-state index in [2.05, 4.69) is 18.6 Å². The second-order valence-electron chi connectivity index (χ2n) is 11.9. The zero-order chi connectivity index (χ0) is 66.7. The molecule has 91 heavy (non-hydrogen) atoms. The van der Waals surface area contributed by atoms with Gasteiger partial charge in [0.05, 0.1) is 33.9 Å². The number of benzene rings is 2. The predicted octanol–water partition coefficient (Wildman–Crippen LogP) is 6.07. The number of nitrogens with zero attached hydrogens (tertiary/aromatic N) is 2. The van der Waals surface area contributed by atoms with Crippen molar-refractivity contribution in [2.75, 3.05) is 27.4 Å². The highest BCUT2D eigenvalue weighted by molar-refractivity contribution is 8.81. The maximum atomic E-state index is 11.9. The monoisotopic (exact) mass is 2220 g/mol. The van der Waals surface area contributed by atoms with E-state index in [4.69, 9.17) is 69.2 Å². The van der Waals surface area contributed by atoms with Gasteiger partial charge in [-0.1, -0.05) is 82.7 Å². The van der Waals surface area contributed by atoms with Crippen molar-refractivity contribution in [1.29, 1.82) is 0 Å². The lowest BCUT2D eigenvalue weighted by atomic mass is 10.1. The molecular weight excluding hydrogens is 2180 g/mol. The van der Waals surface area contributed by atoms with Gasteiger partial charge in [-0.25, -0.2) is 4.79 Å². The molecule has 0 heterocycles. The highest BCUT2D eigenvalue weighted by Gasteiger charge is 2.27. The van der Waals surface area contributed by atoms with Crippen molar-refractivity contribution >= 4 is 498 Å². The number of rotatable bonds is 16. The van der Waals surface area contributed by atoms with Crippen LogP contribution in [0.5, 0.6) is 11.5 Å². The minimum atomic E-state index is -0.645. The highest BCUT2D eigenvalue weighted by atomic mass is 33.5. The minimum absolute atomic E-state index is 0.141. The third-order valence-electron chi connectivity index (χ3n) is 6.98. The van der Waals surface area contributed by atoms with Crippen LogP contribution in [0.15, 0.2) is 48.5 Å². The summed E-state index contributed by atoms with van der Waals surface area (Å²) in [4.78, 5) is 26.6. The largest absolute Gasteiger partial charge is 0.496 e. The van der Waals surface area contributed by atoms with Crippen molar-refractivity contribution in [3.63, 3.8) is 0 Å². The Morgan fingerprint density at radius 3 is 0.901 bits per heavy atom. The van der Waals surface area contributed by atoms with E-state index in [1.54, 1.807) is 280 Å². The summed E-state index contributed by atoms with van der Waals surface area (Å²) >= 11 is 19.1. The van der Waals surface area contributed by atoms with Gasteiger partial charge in [0.2, 0.25) is 0 Å². The smallest absolute Gasteiger partial charge is 0.422 e. The Morgan fingerprint density at radius 2 is 0.626 bits per heavy atom. The zero-order valence-electron chi connectivity index (χ0n) is 44.9. The quantitative estimate of drug-likeness (QED) is 0.0647. The summed E-state index contributed by atoms with van der Waals surface area (Å²) in [5.41, 5.74) is 10.2. The molecule has 0 N–H and O–H groups in total. The summed E-state index contributed by atoms with van der Waals surface area (Å²) in [6, 6.07) is 14.4. The molecule has 0 atom stereocenters. The van der Waals surface area contributed by atoms with E-state index in [0.717, 1.165) is 49.8 Å². The Balaban J connectivity index is 0. The molecule has 0 aliphatic carbocycles. The van der Waals surface area contributed by atoms with Crippen LogP contribution in [0.25, 0.3) is 5.53 Å². The van der Waals surface area contributed by atoms with Crippen molar-refractivity contribution in [2.45, 2.75) is 71.6 Å². The van der Waals surface area contributed by atoms with Crippen LogP contribution in [0.4, 0.5) is 0 Å². The Morgan fingerprint density at radius 1 is 0.363 bits per heavy atom. The van der Waals surface area contributed by atoms with Gasteiger partial charge >= 0.3 is 17.7 Å². The topological polar surface area (TPSA) is 107 Å². The molecule has 2 aromatic rings. The van der Waals surface area contributed by atoms with E-state index < -0.39 is 5.97 Å². The molecule has 0 saturated heterocycles. The van der Waals surface area contributed by atoms with Gasteiger partial charge in [0.1, 0.15) is 17.1 Å². The maximum Gasteiger partial charge on any atom is 0.422 e. The molecule has 0 fully saturated rings. The molecule has 0 radical (unpaired) electrons. The van der Waals surface area contributed by atoms with Gasteiger partial charge < -0.3 is 24.5 Å². The van der Waals surface area contributed by atoms with Crippen LogP contribution < -0.4 is 9.47 Å². The molecule has 526 valence electrons. The van der Waals surface area contributed by atoms with E-state index in [-0.39, 0.29) is 18.1 Å². The molecule has 61 heteroatoms. The first-order chi connectivity index (χ1) is 44.8. The summed E-state index contributed by atoms with van der Waals surface area (Å²) in [5, 5.41) is 0. The van der Waals surface area contributed by atoms with Crippen molar-refractivity contribution in [1.82, 2.24) is 0 Å². The van der Waals surface area contributed by atoms with E-state index in [1.807, 2.05) is 175 Å². The molecule has 0 aliphatic heterocycles. The number of carbonyl (C=O) groups is 2. The van der Waals surface area contributed by atoms with Gasteiger partial charge in [-0.15, -0.1) is 0 Å². The SMILES string of the molecule is CCCCCCOC(=O)C(=[N+]=[N-])c1ccccc1OC.CCCCCCOC(=O)Cc1ccccc1OC.S=S=S=S=S=S=S=S=S=S=S=S=S=S=S=S=S=S=S=S=S=S=S=S=S=S.S=S=S=S=S=S=S=S=S=S=S=S=S=S=S=S=S=S=S=S=S=S=S=S=S=S=S. The van der Waals surface area contributed by atoms with E-state index in [9.17, 15) is 9.59 Å². The van der Waals surface area contributed by atoms with Crippen molar-refractivity contribution in [3.05, 3.63) is 65.2 Å². The zero-order valence-corrected chi connectivity index (χ0v) is 88.2. The van der Waals surface area contributed by atoms with Gasteiger partial charge in [0.25, 0.3) is 0 Å². The lowest BCUT2D eigenvalue weighted by molar-refractivity contribution is -0.143. The third kappa shape index (κ3) is 76.0. The van der Waals surface area contributed by atoms with Crippen LogP contribution in [0.3, 0.4) is 0 Å². The highest BCUT2D eigenvalue weighted by Crippen LogP contribution is 2.19. The number of ether oxygens (including phenoxy) is 4. The van der Waals surface area contributed by atoms with E-state index in [0.29, 0.717) is 24.5 Å². The molecule has 0 saturated carbocycles. The van der Waals surface area contributed by atoms with Crippen LogP contribution in [-0.4, -0.2) is 49.9 Å². The number of methoxy groups -OCH3 is 2. The standard InChI is InChI=1S/C15H20N2O3.C15H22O3.S27.S26/c1-3-4-5-8-11-20-15(18)14(17-16)12-9-6-7-10-13(12)19-2;1-3-4-5-8-11-18-15(16)12-13-9-6-7-10-14(13)17-2;1-3-5-7-9-11-13-15-17-19-21-23-25-27-26-24-22-20-18-16-14-12-10-8-6-4-2;1-3-5-7-9-11-13-15-17-19-21-23-25-26-24-22-20-18-16-14-12-10-8-6-4-2/h6-7,9-10H,3-5,8,11H2,1-2H3;6-7,9-10H,3-5,8,11-12H2,1-2H3;;. The molecule has 0 unspecified atom stereocenters. The normalized spacial score (nSPS) is 8.53. The summed E-state index contributed by atoms with van der Waals surface area (Å²) in [6.07, 6.45) is 8.80.